The van der Waals surface area contributed by atoms with Gasteiger partial charge in [0.1, 0.15) is 5.75 Å². The lowest BCUT2D eigenvalue weighted by atomic mass is 10.1. The van der Waals surface area contributed by atoms with E-state index in [-0.39, 0.29) is 24.6 Å². The molecule has 5 nitrogen and oxygen atoms in total. The van der Waals surface area contributed by atoms with Crippen molar-refractivity contribution in [3.63, 3.8) is 0 Å². The highest BCUT2D eigenvalue weighted by Gasteiger charge is 2.08. The number of benzene rings is 1. The molecular weight excluding hydrogens is 256 g/mol. The van der Waals surface area contributed by atoms with E-state index in [1.165, 1.54) is 0 Å². The predicted molar refractivity (Wildman–Crippen MR) is 78.9 cm³/mol. The van der Waals surface area contributed by atoms with Crippen molar-refractivity contribution in [1.82, 2.24) is 10.6 Å². The first-order valence-corrected chi connectivity index (χ1v) is 6.75. The molecule has 2 N–H and O–H groups in total. The summed E-state index contributed by atoms with van der Waals surface area (Å²) in [5.41, 5.74) is 1.12. The van der Waals surface area contributed by atoms with Crippen LogP contribution in [0.15, 0.2) is 24.3 Å². The second kappa shape index (κ2) is 8.55. The molecule has 0 aliphatic carbocycles. The SMILES string of the molecule is CNC(C)c1cccc(OCC(=O)NC(C)COC)c1. The van der Waals surface area contributed by atoms with Crippen LogP contribution in [-0.2, 0) is 9.53 Å². The Morgan fingerprint density at radius 3 is 2.75 bits per heavy atom. The van der Waals surface area contributed by atoms with Crippen molar-refractivity contribution in [2.75, 3.05) is 27.4 Å². The molecule has 0 fully saturated rings. The summed E-state index contributed by atoms with van der Waals surface area (Å²) in [4.78, 5) is 11.7. The lowest BCUT2D eigenvalue weighted by Crippen LogP contribution is -2.38. The zero-order valence-corrected chi connectivity index (χ0v) is 12.6. The van der Waals surface area contributed by atoms with Gasteiger partial charge in [0.2, 0.25) is 0 Å². The largest absolute Gasteiger partial charge is 0.484 e. The molecule has 1 rings (SSSR count). The highest BCUT2D eigenvalue weighted by Crippen LogP contribution is 2.18. The van der Waals surface area contributed by atoms with Crippen LogP contribution in [0, 0.1) is 0 Å². The summed E-state index contributed by atoms with van der Waals surface area (Å²) >= 11 is 0. The van der Waals surface area contributed by atoms with E-state index >= 15 is 0 Å². The molecule has 112 valence electrons. The van der Waals surface area contributed by atoms with Crippen molar-refractivity contribution in [2.24, 2.45) is 0 Å². The lowest BCUT2D eigenvalue weighted by Gasteiger charge is -2.14. The minimum Gasteiger partial charge on any atom is -0.484 e. The molecule has 0 saturated heterocycles. The summed E-state index contributed by atoms with van der Waals surface area (Å²) in [6, 6.07) is 7.95. The molecule has 1 aromatic rings. The first-order valence-electron chi connectivity index (χ1n) is 6.75. The number of carbonyl (C=O) groups excluding carboxylic acids is 1. The maximum absolute atomic E-state index is 11.7. The van der Waals surface area contributed by atoms with Crippen LogP contribution in [0.3, 0.4) is 0 Å². The fraction of sp³-hybridized carbons (Fsp3) is 0.533. The molecule has 0 aliphatic heterocycles. The molecule has 1 amide bonds. The first kappa shape index (κ1) is 16.5. The maximum Gasteiger partial charge on any atom is 0.258 e. The number of hydrogen-bond acceptors (Lipinski definition) is 4. The zero-order valence-electron chi connectivity index (χ0n) is 12.6. The van der Waals surface area contributed by atoms with Gasteiger partial charge in [-0.1, -0.05) is 12.1 Å². The Hall–Kier alpha value is -1.59. The Labute approximate surface area is 120 Å². The number of ether oxygens (including phenoxy) is 2. The number of carbonyl (C=O) groups is 1. The van der Waals surface area contributed by atoms with Crippen LogP contribution in [0.5, 0.6) is 5.75 Å². The van der Waals surface area contributed by atoms with Crippen LogP contribution in [-0.4, -0.2) is 39.3 Å². The maximum atomic E-state index is 11.7. The molecule has 0 bridgehead atoms. The minimum atomic E-state index is -0.151. The molecule has 2 atom stereocenters. The third kappa shape index (κ3) is 5.59. The summed E-state index contributed by atoms with van der Waals surface area (Å²) < 4.78 is 10.5. The standard InChI is InChI=1S/C15H24N2O3/c1-11(9-19-4)17-15(18)10-20-14-7-5-6-13(8-14)12(2)16-3/h5-8,11-12,16H,9-10H2,1-4H3,(H,17,18). The summed E-state index contributed by atoms with van der Waals surface area (Å²) in [7, 11) is 3.51. The average molecular weight is 280 g/mol. The second-order valence-electron chi connectivity index (χ2n) is 4.80. The Kier molecular flexibility index (Phi) is 7.04. The van der Waals surface area contributed by atoms with Crippen LogP contribution in [0.4, 0.5) is 0 Å². The van der Waals surface area contributed by atoms with E-state index in [0.717, 1.165) is 5.56 Å². The van der Waals surface area contributed by atoms with Gasteiger partial charge in [-0.3, -0.25) is 4.79 Å². The monoisotopic (exact) mass is 280 g/mol. The van der Waals surface area contributed by atoms with Crippen LogP contribution in [0.1, 0.15) is 25.5 Å². The van der Waals surface area contributed by atoms with Crippen molar-refractivity contribution in [3.05, 3.63) is 29.8 Å². The normalized spacial score (nSPS) is 13.6. The predicted octanol–water partition coefficient (Wildman–Crippen LogP) is 1.50. The number of methoxy groups -OCH3 is 1. The quantitative estimate of drug-likeness (QED) is 0.757. The van der Waals surface area contributed by atoms with Gasteiger partial charge in [0.25, 0.3) is 5.91 Å². The molecule has 0 aromatic heterocycles. The van der Waals surface area contributed by atoms with Crippen molar-refractivity contribution in [2.45, 2.75) is 25.9 Å². The topological polar surface area (TPSA) is 59.6 Å². The van der Waals surface area contributed by atoms with Gasteiger partial charge in [0.15, 0.2) is 6.61 Å². The smallest absolute Gasteiger partial charge is 0.258 e. The summed E-state index contributed by atoms with van der Waals surface area (Å²) in [6.45, 7) is 4.45. The van der Waals surface area contributed by atoms with E-state index in [2.05, 4.69) is 17.6 Å². The fourth-order valence-electron chi connectivity index (χ4n) is 1.80. The molecule has 2 unspecified atom stereocenters. The number of amides is 1. The Morgan fingerprint density at radius 2 is 2.10 bits per heavy atom. The van der Waals surface area contributed by atoms with Crippen LogP contribution >= 0.6 is 0 Å². The van der Waals surface area contributed by atoms with Crippen molar-refractivity contribution < 1.29 is 14.3 Å². The molecule has 0 radical (unpaired) electrons. The van der Waals surface area contributed by atoms with E-state index in [1.807, 2.05) is 38.2 Å². The van der Waals surface area contributed by atoms with Gasteiger partial charge in [-0.05, 0) is 38.6 Å². The van der Waals surface area contributed by atoms with Crippen molar-refractivity contribution >= 4 is 5.91 Å². The van der Waals surface area contributed by atoms with Gasteiger partial charge in [-0.2, -0.15) is 0 Å². The third-order valence-electron chi connectivity index (χ3n) is 2.99. The molecule has 20 heavy (non-hydrogen) atoms. The second-order valence-corrected chi connectivity index (χ2v) is 4.80. The van der Waals surface area contributed by atoms with E-state index in [1.54, 1.807) is 7.11 Å². The molecule has 0 heterocycles. The Balaban J connectivity index is 2.47. The molecule has 1 aromatic carbocycles. The first-order chi connectivity index (χ1) is 9.56. The van der Waals surface area contributed by atoms with Crippen molar-refractivity contribution in [3.8, 4) is 5.75 Å². The van der Waals surface area contributed by atoms with Gasteiger partial charge >= 0.3 is 0 Å². The third-order valence-corrected chi connectivity index (χ3v) is 2.99. The lowest BCUT2D eigenvalue weighted by molar-refractivity contribution is -0.124. The molecular formula is C15H24N2O3. The molecule has 0 spiro atoms. The van der Waals surface area contributed by atoms with E-state index in [4.69, 9.17) is 9.47 Å². The zero-order chi connectivity index (χ0) is 15.0. The Bertz CT molecular complexity index is 423. The summed E-state index contributed by atoms with van der Waals surface area (Å²) in [5, 5.41) is 5.96. The summed E-state index contributed by atoms with van der Waals surface area (Å²) in [6.07, 6.45) is 0. The van der Waals surface area contributed by atoms with Gasteiger partial charge in [-0.25, -0.2) is 0 Å². The fourth-order valence-corrected chi connectivity index (χ4v) is 1.80. The minimum absolute atomic E-state index is 0.00540. The van der Waals surface area contributed by atoms with Crippen molar-refractivity contribution in [1.29, 1.82) is 0 Å². The number of nitrogens with one attached hydrogen (secondary N) is 2. The summed E-state index contributed by atoms with van der Waals surface area (Å²) in [5.74, 6) is 0.542. The number of hydrogen-bond donors (Lipinski definition) is 2. The van der Waals surface area contributed by atoms with E-state index < -0.39 is 0 Å². The molecule has 0 aliphatic rings. The molecule has 0 saturated carbocycles. The number of rotatable bonds is 8. The molecule has 5 heteroatoms. The van der Waals surface area contributed by atoms with E-state index in [9.17, 15) is 4.79 Å². The van der Waals surface area contributed by atoms with Gasteiger partial charge in [-0.15, -0.1) is 0 Å². The highest BCUT2D eigenvalue weighted by molar-refractivity contribution is 5.77. The van der Waals surface area contributed by atoms with Gasteiger partial charge in [0, 0.05) is 19.2 Å². The highest BCUT2D eigenvalue weighted by atomic mass is 16.5. The Morgan fingerprint density at radius 1 is 1.35 bits per heavy atom. The van der Waals surface area contributed by atoms with Crippen LogP contribution in [0.25, 0.3) is 0 Å². The van der Waals surface area contributed by atoms with E-state index in [0.29, 0.717) is 12.4 Å². The van der Waals surface area contributed by atoms with Crippen LogP contribution in [0.2, 0.25) is 0 Å². The van der Waals surface area contributed by atoms with Gasteiger partial charge in [0.05, 0.1) is 6.61 Å². The van der Waals surface area contributed by atoms with Crippen LogP contribution < -0.4 is 15.4 Å². The average Bonchev–Trinajstić information content (AvgIpc) is 2.44. The van der Waals surface area contributed by atoms with Gasteiger partial charge < -0.3 is 20.1 Å².